The number of aliphatic hydroxyl groups is 1. The maximum atomic E-state index is 8.62. The zero-order valence-corrected chi connectivity index (χ0v) is 9.78. The van der Waals surface area contributed by atoms with E-state index in [9.17, 15) is 0 Å². The fourth-order valence-corrected chi connectivity index (χ4v) is 1.44. The van der Waals surface area contributed by atoms with Crippen LogP contribution in [0, 0.1) is 0 Å². The number of hydrogen-bond donors (Lipinski definition) is 2. The maximum absolute atomic E-state index is 8.62. The van der Waals surface area contributed by atoms with Crippen LogP contribution in [0.15, 0.2) is 18.3 Å². The third-order valence-corrected chi connectivity index (χ3v) is 2.35. The molecule has 1 rings (SSSR count). The lowest BCUT2D eigenvalue weighted by Gasteiger charge is -2.05. The number of hydrogen-bond acceptors (Lipinski definition) is 4. The van der Waals surface area contributed by atoms with E-state index in [1.165, 1.54) is 5.56 Å². The van der Waals surface area contributed by atoms with Gasteiger partial charge >= 0.3 is 0 Å². The Labute approximate surface area is 96.7 Å². The van der Waals surface area contributed by atoms with E-state index in [0.29, 0.717) is 12.5 Å². The van der Waals surface area contributed by atoms with Gasteiger partial charge in [-0.25, -0.2) is 4.98 Å². The predicted molar refractivity (Wildman–Crippen MR) is 63.4 cm³/mol. The Morgan fingerprint density at radius 2 is 2.25 bits per heavy atom. The molecule has 0 aliphatic heterocycles. The van der Waals surface area contributed by atoms with Crippen LogP contribution in [-0.2, 0) is 6.54 Å². The summed E-state index contributed by atoms with van der Waals surface area (Å²) in [6, 6.07) is 3.91. The first-order valence-electron chi connectivity index (χ1n) is 5.67. The van der Waals surface area contributed by atoms with Crippen LogP contribution in [0.5, 0.6) is 5.88 Å². The largest absolute Gasteiger partial charge is 0.481 e. The van der Waals surface area contributed by atoms with Gasteiger partial charge in [-0.2, -0.15) is 0 Å². The summed E-state index contributed by atoms with van der Waals surface area (Å²) in [5, 5.41) is 12.0. The van der Waals surface area contributed by atoms with Crippen molar-refractivity contribution in [1.29, 1.82) is 0 Å². The molecule has 0 fully saturated rings. The van der Waals surface area contributed by atoms with Crippen LogP contribution in [0.25, 0.3) is 0 Å². The van der Waals surface area contributed by atoms with Crippen molar-refractivity contribution in [2.45, 2.75) is 25.8 Å². The van der Waals surface area contributed by atoms with Crippen LogP contribution in [0.2, 0.25) is 0 Å². The second-order valence-electron chi connectivity index (χ2n) is 3.67. The molecule has 0 saturated heterocycles. The number of pyridine rings is 1. The number of rotatable bonds is 8. The third kappa shape index (κ3) is 5.09. The number of nitrogens with one attached hydrogen (secondary N) is 1. The van der Waals surface area contributed by atoms with Gasteiger partial charge in [-0.15, -0.1) is 0 Å². The first-order chi connectivity index (χ1) is 7.86. The van der Waals surface area contributed by atoms with E-state index in [1.54, 1.807) is 13.3 Å². The summed E-state index contributed by atoms with van der Waals surface area (Å²) in [5.41, 5.74) is 1.18. The predicted octanol–water partition coefficient (Wildman–Crippen LogP) is 1.34. The van der Waals surface area contributed by atoms with Crippen LogP contribution < -0.4 is 10.1 Å². The van der Waals surface area contributed by atoms with Gasteiger partial charge in [-0.1, -0.05) is 0 Å². The van der Waals surface area contributed by atoms with Crippen molar-refractivity contribution in [2.75, 3.05) is 20.3 Å². The molecule has 0 spiro atoms. The highest BCUT2D eigenvalue weighted by Gasteiger charge is 1.96. The molecule has 1 aromatic rings. The van der Waals surface area contributed by atoms with Gasteiger partial charge in [-0.05, 0) is 37.4 Å². The van der Waals surface area contributed by atoms with Gasteiger partial charge in [0, 0.05) is 25.4 Å². The monoisotopic (exact) mass is 224 g/mol. The van der Waals surface area contributed by atoms with Crippen LogP contribution >= 0.6 is 0 Å². The van der Waals surface area contributed by atoms with E-state index in [1.807, 2.05) is 12.1 Å². The molecule has 0 unspecified atom stereocenters. The molecule has 0 aliphatic carbocycles. The summed E-state index contributed by atoms with van der Waals surface area (Å²) in [5.74, 6) is 0.652. The Kier molecular flexibility index (Phi) is 6.53. The summed E-state index contributed by atoms with van der Waals surface area (Å²) in [7, 11) is 1.62. The van der Waals surface area contributed by atoms with Gasteiger partial charge in [0.05, 0.1) is 7.11 Å². The van der Waals surface area contributed by atoms with Gasteiger partial charge in [-0.3, -0.25) is 0 Å². The molecule has 1 heterocycles. The average molecular weight is 224 g/mol. The molecule has 0 aliphatic rings. The summed E-state index contributed by atoms with van der Waals surface area (Å²) in [6.45, 7) is 2.10. The Morgan fingerprint density at radius 3 is 3.00 bits per heavy atom. The molecule has 16 heavy (non-hydrogen) atoms. The van der Waals surface area contributed by atoms with Crippen LogP contribution in [0.1, 0.15) is 24.8 Å². The molecule has 0 atom stereocenters. The number of nitrogens with zero attached hydrogens (tertiary/aromatic N) is 1. The van der Waals surface area contributed by atoms with Crippen molar-refractivity contribution < 1.29 is 9.84 Å². The molecule has 0 bridgehead atoms. The fourth-order valence-electron chi connectivity index (χ4n) is 1.44. The highest BCUT2D eigenvalue weighted by molar-refractivity contribution is 5.20. The molecule has 90 valence electrons. The number of methoxy groups -OCH3 is 1. The first kappa shape index (κ1) is 12.9. The fraction of sp³-hybridized carbons (Fsp3) is 0.583. The molecule has 4 heteroatoms. The zero-order valence-electron chi connectivity index (χ0n) is 9.78. The van der Waals surface area contributed by atoms with Crippen molar-refractivity contribution in [3.05, 3.63) is 23.9 Å². The van der Waals surface area contributed by atoms with E-state index >= 15 is 0 Å². The Bertz CT molecular complexity index is 292. The zero-order chi connectivity index (χ0) is 11.6. The van der Waals surface area contributed by atoms with E-state index in [-0.39, 0.29) is 0 Å². The number of aliphatic hydroxyl groups excluding tert-OH is 1. The molecular weight excluding hydrogens is 204 g/mol. The molecule has 0 saturated carbocycles. The number of unbranched alkanes of at least 4 members (excludes halogenated alkanes) is 2. The standard InChI is InChI=1S/C12H20N2O2/c1-16-12-9-11(5-7-14-12)10-13-6-3-2-4-8-15/h5,7,9,13,15H,2-4,6,8,10H2,1H3. The average Bonchev–Trinajstić information content (AvgIpc) is 2.34. The highest BCUT2D eigenvalue weighted by atomic mass is 16.5. The molecule has 0 aromatic carbocycles. The van der Waals surface area contributed by atoms with Gasteiger partial charge in [0.25, 0.3) is 0 Å². The molecule has 0 amide bonds. The maximum Gasteiger partial charge on any atom is 0.213 e. The lowest BCUT2D eigenvalue weighted by molar-refractivity contribution is 0.283. The van der Waals surface area contributed by atoms with Crippen molar-refractivity contribution in [2.24, 2.45) is 0 Å². The minimum absolute atomic E-state index is 0.293. The van der Waals surface area contributed by atoms with Gasteiger partial charge in [0.1, 0.15) is 0 Å². The smallest absolute Gasteiger partial charge is 0.213 e. The highest BCUT2D eigenvalue weighted by Crippen LogP contribution is 2.07. The SMILES string of the molecule is COc1cc(CNCCCCCO)ccn1. The van der Waals surface area contributed by atoms with Crippen LogP contribution in [-0.4, -0.2) is 30.4 Å². The van der Waals surface area contributed by atoms with E-state index in [2.05, 4.69) is 10.3 Å². The number of aromatic nitrogens is 1. The minimum Gasteiger partial charge on any atom is -0.481 e. The van der Waals surface area contributed by atoms with Crippen molar-refractivity contribution in [3.63, 3.8) is 0 Å². The summed E-state index contributed by atoms with van der Waals surface area (Å²) < 4.78 is 5.05. The van der Waals surface area contributed by atoms with Crippen molar-refractivity contribution in [1.82, 2.24) is 10.3 Å². The Balaban J connectivity index is 2.16. The summed E-state index contributed by atoms with van der Waals surface area (Å²) in [6.07, 6.45) is 4.82. The lowest BCUT2D eigenvalue weighted by Crippen LogP contribution is -2.14. The van der Waals surface area contributed by atoms with Gasteiger partial charge in [0.2, 0.25) is 5.88 Å². The summed E-state index contributed by atoms with van der Waals surface area (Å²) in [4.78, 5) is 4.05. The third-order valence-electron chi connectivity index (χ3n) is 2.35. The molecule has 0 radical (unpaired) electrons. The summed E-state index contributed by atoms with van der Waals surface area (Å²) >= 11 is 0. The van der Waals surface area contributed by atoms with Gasteiger partial charge in [0.15, 0.2) is 0 Å². The van der Waals surface area contributed by atoms with E-state index in [0.717, 1.165) is 32.4 Å². The molecular formula is C12H20N2O2. The van der Waals surface area contributed by atoms with Crippen molar-refractivity contribution in [3.8, 4) is 5.88 Å². The lowest BCUT2D eigenvalue weighted by atomic mass is 10.2. The molecule has 4 nitrogen and oxygen atoms in total. The van der Waals surface area contributed by atoms with E-state index in [4.69, 9.17) is 9.84 Å². The Hall–Kier alpha value is -1.13. The van der Waals surface area contributed by atoms with E-state index < -0.39 is 0 Å². The Morgan fingerprint density at radius 1 is 1.38 bits per heavy atom. The van der Waals surface area contributed by atoms with Crippen LogP contribution in [0.4, 0.5) is 0 Å². The normalized spacial score (nSPS) is 10.4. The molecule has 2 N–H and O–H groups in total. The minimum atomic E-state index is 0.293. The number of ether oxygens (including phenoxy) is 1. The second-order valence-corrected chi connectivity index (χ2v) is 3.67. The van der Waals surface area contributed by atoms with Crippen LogP contribution in [0.3, 0.4) is 0 Å². The first-order valence-corrected chi connectivity index (χ1v) is 5.67. The topological polar surface area (TPSA) is 54.4 Å². The quantitative estimate of drug-likeness (QED) is 0.654. The van der Waals surface area contributed by atoms with Gasteiger partial charge < -0.3 is 15.2 Å². The molecule has 1 aromatic heterocycles. The second kappa shape index (κ2) is 8.07. The van der Waals surface area contributed by atoms with Crippen molar-refractivity contribution >= 4 is 0 Å².